The number of para-hydroxylation sites is 1. The zero-order chi connectivity index (χ0) is 19.2. The van der Waals surface area contributed by atoms with Gasteiger partial charge >= 0.3 is 0 Å². The zero-order valence-electron chi connectivity index (χ0n) is 16.3. The summed E-state index contributed by atoms with van der Waals surface area (Å²) in [5, 5.41) is 10.4. The quantitative estimate of drug-likeness (QED) is 0.704. The number of benzene rings is 2. The van der Waals surface area contributed by atoms with E-state index in [1.165, 1.54) is 23.2 Å². The normalized spacial score (nSPS) is 19.0. The number of nitrogens with zero attached hydrogens (tertiary/aromatic N) is 1. The Hall–Kier alpha value is -1.53. The molecule has 0 aromatic heterocycles. The maximum Gasteiger partial charge on any atom is 0.138 e. The van der Waals surface area contributed by atoms with Crippen LogP contribution in [0.5, 0.6) is 5.75 Å². The fourth-order valence-corrected chi connectivity index (χ4v) is 4.88. The van der Waals surface area contributed by atoms with Crippen LogP contribution in [0.3, 0.4) is 0 Å². The highest BCUT2D eigenvalue weighted by atomic mass is 32.2. The van der Waals surface area contributed by atoms with Crippen molar-refractivity contribution in [2.45, 2.75) is 42.6 Å². The maximum absolute atomic E-state index is 10.4. The van der Waals surface area contributed by atoms with Gasteiger partial charge in [0, 0.05) is 18.6 Å². The minimum Gasteiger partial charge on any atom is -0.492 e. The molecule has 0 saturated carbocycles. The molecular formula is C23H29NO3S. The third kappa shape index (κ3) is 5.09. The number of rotatable bonds is 7. The number of fused-ring (bicyclic) bond motifs is 1. The molecule has 1 N–H and O–H groups in total. The number of hydrogen-bond donors (Lipinski definition) is 1. The summed E-state index contributed by atoms with van der Waals surface area (Å²) in [6, 6.07) is 17.0. The molecule has 2 aromatic carbocycles. The van der Waals surface area contributed by atoms with Crippen LogP contribution >= 0.6 is 12.0 Å². The van der Waals surface area contributed by atoms with Crippen LogP contribution < -0.4 is 4.74 Å². The van der Waals surface area contributed by atoms with Crippen LogP contribution in [0.25, 0.3) is 0 Å². The van der Waals surface area contributed by atoms with Gasteiger partial charge < -0.3 is 18.9 Å². The van der Waals surface area contributed by atoms with E-state index in [1.807, 2.05) is 12.1 Å². The first kappa shape index (κ1) is 19.8. The Kier molecular flexibility index (Phi) is 6.91. The molecule has 150 valence electrons. The van der Waals surface area contributed by atoms with E-state index in [1.54, 1.807) is 0 Å². The zero-order valence-corrected chi connectivity index (χ0v) is 17.1. The van der Waals surface area contributed by atoms with Crippen molar-refractivity contribution < 1.29 is 14.0 Å². The Bertz CT molecular complexity index is 747. The molecule has 4 nitrogen and oxygen atoms in total. The molecule has 2 heterocycles. The Morgan fingerprint density at radius 1 is 1.11 bits per heavy atom. The van der Waals surface area contributed by atoms with Crippen LogP contribution in [0.1, 0.15) is 36.3 Å². The smallest absolute Gasteiger partial charge is 0.138 e. The molecule has 0 spiro atoms. The first-order valence-corrected chi connectivity index (χ1v) is 11.0. The van der Waals surface area contributed by atoms with Gasteiger partial charge in [0.15, 0.2) is 0 Å². The van der Waals surface area contributed by atoms with Crippen LogP contribution in [0.4, 0.5) is 0 Å². The molecule has 4 rings (SSSR count). The molecular weight excluding hydrogens is 370 g/mol. The average molecular weight is 400 g/mol. The van der Waals surface area contributed by atoms with E-state index in [9.17, 15) is 5.11 Å². The van der Waals surface area contributed by atoms with Crippen LogP contribution in [0.2, 0.25) is 0 Å². The number of likely N-dealkylation sites (tertiary alicyclic amines) is 1. The summed E-state index contributed by atoms with van der Waals surface area (Å²) in [5.41, 5.74) is 2.69. The Balaban J connectivity index is 1.19. The molecule has 5 heteroatoms. The van der Waals surface area contributed by atoms with Crippen LogP contribution in [0.15, 0.2) is 53.4 Å². The molecule has 2 aromatic rings. The van der Waals surface area contributed by atoms with Gasteiger partial charge in [-0.15, -0.1) is 0 Å². The summed E-state index contributed by atoms with van der Waals surface area (Å²) in [6.45, 7) is 3.83. The standard InChI is InChI=1S/C23H29NO3S/c25-21(16-24-13-11-19(12-14-24)18-6-2-1-3-7-18)17-27-28-22-10-4-8-20-9-5-15-26-23(20)22/h1-4,6-8,10,19,21,25H,5,9,11-17H2. The second-order valence-electron chi connectivity index (χ2n) is 7.70. The minimum absolute atomic E-state index is 0.326. The van der Waals surface area contributed by atoms with Crippen molar-refractivity contribution in [1.82, 2.24) is 4.90 Å². The van der Waals surface area contributed by atoms with Crippen molar-refractivity contribution in [2.75, 3.05) is 32.8 Å². The minimum atomic E-state index is -0.471. The SMILES string of the molecule is OC(COSc1cccc2c1OCCC2)CN1CCC(c2ccccc2)CC1. The number of hydrogen-bond acceptors (Lipinski definition) is 5. The van der Waals surface area contributed by atoms with E-state index in [0.717, 1.165) is 56.0 Å². The first-order chi connectivity index (χ1) is 13.8. The van der Waals surface area contributed by atoms with E-state index in [-0.39, 0.29) is 0 Å². The lowest BCUT2D eigenvalue weighted by molar-refractivity contribution is 0.0657. The molecule has 0 bridgehead atoms. The molecule has 1 atom stereocenters. The van der Waals surface area contributed by atoms with E-state index >= 15 is 0 Å². The molecule has 28 heavy (non-hydrogen) atoms. The molecule has 0 amide bonds. The van der Waals surface area contributed by atoms with Gasteiger partial charge in [0.25, 0.3) is 0 Å². The molecule has 0 radical (unpaired) electrons. The predicted molar refractivity (Wildman–Crippen MR) is 113 cm³/mol. The van der Waals surface area contributed by atoms with Gasteiger partial charge in [0.2, 0.25) is 0 Å². The lowest BCUT2D eigenvalue weighted by Gasteiger charge is -2.33. The van der Waals surface area contributed by atoms with Gasteiger partial charge in [-0.05, 0) is 61.9 Å². The van der Waals surface area contributed by atoms with E-state index < -0.39 is 6.10 Å². The third-order valence-electron chi connectivity index (χ3n) is 5.63. The highest BCUT2D eigenvalue weighted by molar-refractivity contribution is 7.94. The molecule has 2 aliphatic heterocycles. The van der Waals surface area contributed by atoms with Gasteiger partial charge in [-0.3, -0.25) is 0 Å². The van der Waals surface area contributed by atoms with Crippen molar-refractivity contribution in [3.63, 3.8) is 0 Å². The van der Waals surface area contributed by atoms with E-state index in [0.29, 0.717) is 19.1 Å². The summed E-state index contributed by atoms with van der Waals surface area (Å²) < 4.78 is 11.5. The van der Waals surface area contributed by atoms with Crippen molar-refractivity contribution in [3.8, 4) is 5.75 Å². The second-order valence-corrected chi connectivity index (χ2v) is 8.55. The van der Waals surface area contributed by atoms with Gasteiger partial charge in [-0.25, -0.2) is 0 Å². The molecule has 1 saturated heterocycles. The lowest BCUT2D eigenvalue weighted by Crippen LogP contribution is -2.39. The summed E-state index contributed by atoms with van der Waals surface area (Å²) >= 11 is 1.32. The lowest BCUT2D eigenvalue weighted by atomic mass is 9.89. The summed E-state index contributed by atoms with van der Waals surface area (Å²) in [7, 11) is 0. The van der Waals surface area contributed by atoms with Gasteiger partial charge in [0.05, 0.1) is 24.2 Å². The fraction of sp³-hybridized carbons (Fsp3) is 0.478. The van der Waals surface area contributed by atoms with Gasteiger partial charge in [0.1, 0.15) is 5.75 Å². The van der Waals surface area contributed by atoms with Crippen molar-refractivity contribution in [1.29, 1.82) is 0 Å². The monoisotopic (exact) mass is 399 g/mol. The van der Waals surface area contributed by atoms with Crippen LogP contribution in [-0.4, -0.2) is 49.0 Å². The number of aryl methyl sites for hydroxylation is 1. The van der Waals surface area contributed by atoms with Crippen molar-refractivity contribution in [2.24, 2.45) is 0 Å². The molecule has 0 aliphatic carbocycles. The van der Waals surface area contributed by atoms with E-state index in [4.69, 9.17) is 8.92 Å². The molecule has 1 fully saturated rings. The Labute approximate surface area is 172 Å². The Morgan fingerprint density at radius 2 is 1.93 bits per heavy atom. The predicted octanol–water partition coefficient (Wildman–Crippen LogP) is 4.28. The number of aliphatic hydroxyl groups excluding tert-OH is 1. The average Bonchev–Trinajstić information content (AvgIpc) is 2.75. The van der Waals surface area contributed by atoms with Crippen LogP contribution in [-0.2, 0) is 10.6 Å². The number of aliphatic hydroxyl groups is 1. The topological polar surface area (TPSA) is 41.9 Å². The molecule has 1 unspecified atom stereocenters. The number of piperidine rings is 1. The third-order valence-corrected chi connectivity index (χ3v) is 6.39. The Morgan fingerprint density at radius 3 is 2.75 bits per heavy atom. The maximum atomic E-state index is 10.4. The number of β-amino-alcohol motifs (C(OH)–C–C–N with tert-alkyl or cyclic N) is 1. The van der Waals surface area contributed by atoms with Crippen LogP contribution in [0, 0.1) is 0 Å². The van der Waals surface area contributed by atoms with Crippen molar-refractivity contribution in [3.05, 3.63) is 59.7 Å². The first-order valence-electron chi connectivity index (χ1n) is 10.3. The van der Waals surface area contributed by atoms with Gasteiger partial charge in [-0.1, -0.05) is 42.5 Å². The second kappa shape index (κ2) is 9.79. The highest BCUT2D eigenvalue weighted by Crippen LogP contribution is 2.36. The highest BCUT2D eigenvalue weighted by Gasteiger charge is 2.22. The summed E-state index contributed by atoms with van der Waals surface area (Å²) in [4.78, 5) is 3.36. The fourth-order valence-electron chi connectivity index (χ4n) is 4.13. The largest absolute Gasteiger partial charge is 0.492 e. The molecule has 2 aliphatic rings. The number of ether oxygens (including phenoxy) is 1. The summed E-state index contributed by atoms with van der Waals surface area (Å²) in [5.74, 6) is 1.60. The van der Waals surface area contributed by atoms with Crippen molar-refractivity contribution >= 4 is 12.0 Å². The van der Waals surface area contributed by atoms with E-state index in [2.05, 4.69) is 41.3 Å². The summed E-state index contributed by atoms with van der Waals surface area (Å²) in [6.07, 6.45) is 3.97. The van der Waals surface area contributed by atoms with Gasteiger partial charge in [-0.2, -0.15) is 0 Å².